The first kappa shape index (κ1) is 31.3. The molecule has 5 rings (SSSR count). The third-order valence-electron chi connectivity index (χ3n) is 9.53. The Morgan fingerprint density at radius 2 is 1.72 bits per heavy atom. The van der Waals surface area contributed by atoms with Gasteiger partial charge in [-0.15, -0.1) is 0 Å². The first-order chi connectivity index (χ1) is 20.1. The van der Waals surface area contributed by atoms with E-state index in [-0.39, 0.29) is 36.3 Å². The molecule has 0 radical (unpaired) electrons. The average Bonchev–Trinajstić information content (AvgIpc) is 3.25. The second-order valence-electron chi connectivity index (χ2n) is 12.9. The van der Waals surface area contributed by atoms with Crippen molar-refractivity contribution in [2.75, 3.05) is 13.2 Å². The summed E-state index contributed by atoms with van der Waals surface area (Å²) in [6.07, 6.45) is -4.79. The first-order valence-corrected chi connectivity index (χ1v) is 14.5. The van der Waals surface area contributed by atoms with Gasteiger partial charge < -0.3 is 39.0 Å². The number of hydrogen-bond donors (Lipinski definition) is 3. The molecular weight excluding hydrogens is 560 g/mol. The van der Waals surface area contributed by atoms with Gasteiger partial charge in [-0.05, 0) is 51.0 Å². The molecule has 0 unspecified atom stereocenters. The Bertz CT molecular complexity index is 1390. The Kier molecular flexibility index (Phi) is 7.67. The summed E-state index contributed by atoms with van der Waals surface area (Å²) in [6, 6.07) is 8.26. The van der Waals surface area contributed by atoms with Crippen LogP contribution in [-0.2, 0) is 33.3 Å². The van der Waals surface area contributed by atoms with E-state index in [0.717, 1.165) is 0 Å². The molecule has 2 fully saturated rings. The molecule has 2 heterocycles. The lowest BCUT2D eigenvalue weighted by molar-refractivity contribution is -0.300. The molecule has 2 aliphatic heterocycles. The van der Waals surface area contributed by atoms with Crippen LogP contribution < -0.4 is 0 Å². The minimum Gasteiger partial charge on any atom is -0.504 e. The smallest absolute Gasteiger partial charge is 0.338 e. The first-order valence-electron chi connectivity index (χ1n) is 14.5. The van der Waals surface area contributed by atoms with Gasteiger partial charge in [-0.1, -0.05) is 32.0 Å². The second-order valence-corrected chi connectivity index (χ2v) is 12.9. The molecule has 0 amide bonds. The van der Waals surface area contributed by atoms with Gasteiger partial charge in [0.1, 0.15) is 30.0 Å². The number of Topliss-reactive ketones (excluding diaryl/α,β-unsaturated/α-hetero) is 1. The number of aliphatic hydroxyl groups is 3. The lowest BCUT2D eigenvalue weighted by atomic mass is 9.52. The number of ketones is 1. The fourth-order valence-electron chi connectivity index (χ4n) is 7.75. The number of carbonyl (C=O) groups is 3. The summed E-state index contributed by atoms with van der Waals surface area (Å²) < 4.78 is 31.4. The largest absolute Gasteiger partial charge is 0.504 e. The molecule has 1 aromatic rings. The molecule has 2 aliphatic carbocycles. The molecule has 0 saturated carbocycles. The highest BCUT2D eigenvalue weighted by atomic mass is 16.8. The Labute approximate surface area is 250 Å². The molecule has 2 bridgehead atoms. The Hall–Kier alpha value is -3.09. The third-order valence-corrected chi connectivity index (χ3v) is 9.53. The van der Waals surface area contributed by atoms with Gasteiger partial charge >= 0.3 is 11.9 Å². The quantitative estimate of drug-likeness (QED) is 0.412. The Morgan fingerprint density at radius 1 is 1.07 bits per heavy atom. The summed E-state index contributed by atoms with van der Waals surface area (Å²) >= 11 is 0. The maximum absolute atomic E-state index is 14.1. The van der Waals surface area contributed by atoms with Gasteiger partial charge in [0, 0.05) is 30.9 Å². The SMILES string of the molecule is CC(=O)O[C@@]1([C@@H]2/C(C)=C(/O)C(=O)C3=C(C)[C@@H](O)[C@@H]4OC(C)(C)O[C@]4([C@@H]2OC(=O)c2ccccc2)C3(C)C)CO[C@@H]1CCO. The van der Waals surface area contributed by atoms with Crippen molar-refractivity contribution in [1.82, 2.24) is 0 Å². The molecule has 1 spiro atoms. The number of benzene rings is 1. The maximum Gasteiger partial charge on any atom is 0.338 e. The van der Waals surface area contributed by atoms with Gasteiger partial charge in [-0.2, -0.15) is 0 Å². The third kappa shape index (κ3) is 4.47. The second kappa shape index (κ2) is 10.5. The lowest BCUT2D eigenvalue weighted by Gasteiger charge is -2.61. The minimum absolute atomic E-state index is 0.0423. The summed E-state index contributed by atoms with van der Waals surface area (Å²) in [7, 11) is 0. The molecule has 0 aromatic heterocycles. The van der Waals surface area contributed by atoms with Crippen molar-refractivity contribution in [2.45, 2.75) is 96.3 Å². The summed E-state index contributed by atoms with van der Waals surface area (Å²) in [5.41, 5.74) is -3.99. The fourth-order valence-corrected chi connectivity index (χ4v) is 7.75. The number of fused-ring (bicyclic) bond motifs is 1. The fraction of sp³-hybridized carbons (Fsp3) is 0.594. The predicted molar refractivity (Wildman–Crippen MR) is 151 cm³/mol. The molecule has 2 saturated heterocycles. The summed E-state index contributed by atoms with van der Waals surface area (Å²) in [4.78, 5) is 40.7. The Balaban J connectivity index is 1.88. The standard InChI is InChI=1S/C32H40O11/c1-16-21-25(37)23(35)17(2)22(31(41-18(3)34)15-39-20(31)13-14-33)26(40-28(38)19-11-9-8-10-12-19)32(29(21,4)5)27(24(16)36)42-30(6,7)43-32/h8-12,20,22,24,26-27,33,35-36H,13-15H2,1-7H3/b23-17+/t20-,22-,24-,26-,27+,31+,32+/m1/s1. The molecule has 4 aliphatic rings. The molecule has 3 N–H and O–H groups in total. The van der Waals surface area contributed by atoms with Gasteiger partial charge in [-0.25, -0.2) is 4.79 Å². The molecule has 1 aromatic carbocycles. The van der Waals surface area contributed by atoms with E-state index in [0.29, 0.717) is 5.57 Å². The van der Waals surface area contributed by atoms with Crippen LogP contribution in [0.15, 0.2) is 52.8 Å². The number of rotatable bonds is 6. The van der Waals surface area contributed by atoms with E-state index in [1.54, 1.807) is 65.0 Å². The van der Waals surface area contributed by atoms with Crippen molar-refractivity contribution < 1.29 is 53.4 Å². The van der Waals surface area contributed by atoms with E-state index in [4.69, 9.17) is 23.7 Å². The number of allylic oxidation sites excluding steroid dienone is 1. The normalized spacial score (nSPS) is 38.0. The number of aliphatic hydroxyl groups excluding tert-OH is 3. The van der Waals surface area contributed by atoms with Crippen LogP contribution in [0.4, 0.5) is 0 Å². The van der Waals surface area contributed by atoms with Crippen LogP contribution in [0.2, 0.25) is 0 Å². The van der Waals surface area contributed by atoms with Crippen LogP contribution in [0.1, 0.15) is 65.2 Å². The van der Waals surface area contributed by atoms with Gasteiger partial charge in [-0.3, -0.25) is 9.59 Å². The van der Waals surface area contributed by atoms with Crippen LogP contribution in [0, 0.1) is 11.3 Å². The van der Waals surface area contributed by atoms with Crippen molar-refractivity contribution in [3.05, 3.63) is 58.4 Å². The van der Waals surface area contributed by atoms with Crippen molar-refractivity contribution in [3.8, 4) is 0 Å². The number of ether oxygens (including phenoxy) is 5. The van der Waals surface area contributed by atoms with E-state index in [9.17, 15) is 29.7 Å². The summed E-state index contributed by atoms with van der Waals surface area (Å²) in [5, 5.41) is 33.2. The van der Waals surface area contributed by atoms with Crippen molar-refractivity contribution in [1.29, 1.82) is 0 Å². The highest BCUT2D eigenvalue weighted by molar-refractivity contribution is 6.09. The van der Waals surface area contributed by atoms with Crippen LogP contribution in [-0.4, -0.2) is 87.7 Å². The van der Waals surface area contributed by atoms with Crippen molar-refractivity contribution >= 4 is 17.7 Å². The molecular formula is C32H40O11. The van der Waals surface area contributed by atoms with Crippen LogP contribution >= 0.6 is 0 Å². The van der Waals surface area contributed by atoms with E-state index < -0.39 is 76.2 Å². The molecule has 234 valence electrons. The zero-order chi connectivity index (χ0) is 31.7. The average molecular weight is 601 g/mol. The van der Waals surface area contributed by atoms with Gasteiger partial charge in [0.05, 0.1) is 18.1 Å². The van der Waals surface area contributed by atoms with Gasteiger partial charge in [0.2, 0.25) is 5.78 Å². The topological polar surface area (TPSA) is 158 Å². The van der Waals surface area contributed by atoms with Crippen molar-refractivity contribution in [3.63, 3.8) is 0 Å². The molecule has 11 nitrogen and oxygen atoms in total. The summed E-state index contributed by atoms with van der Waals surface area (Å²) in [5.74, 6) is -5.35. The van der Waals surface area contributed by atoms with Gasteiger partial charge in [0.15, 0.2) is 17.1 Å². The zero-order valence-electron chi connectivity index (χ0n) is 25.5. The van der Waals surface area contributed by atoms with Gasteiger partial charge in [0.25, 0.3) is 0 Å². The molecule has 11 heteroatoms. The van der Waals surface area contributed by atoms with Crippen LogP contribution in [0.25, 0.3) is 0 Å². The molecule has 43 heavy (non-hydrogen) atoms. The highest BCUT2D eigenvalue weighted by Crippen LogP contribution is 2.63. The van der Waals surface area contributed by atoms with E-state index >= 15 is 0 Å². The highest BCUT2D eigenvalue weighted by Gasteiger charge is 2.77. The van der Waals surface area contributed by atoms with Crippen molar-refractivity contribution in [2.24, 2.45) is 11.3 Å². The van der Waals surface area contributed by atoms with Crippen LogP contribution in [0.5, 0.6) is 0 Å². The van der Waals surface area contributed by atoms with E-state index in [1.165, 1.54) is 13.8 Å². The summed E-state index contributed by atoms with van der Waals surface area (Å²) in [6.45, 7) is 10.6. The van der Waals surface area contributed by atoms with E-state index in [2.05, 4.69) is 0 Å². The monoisotopic (exact) mass is 600 g/mol. The predicted octanol–water partition coefficient (Wildman–Crippen LogP) is 2.93. The zero-order valence-corrected chi connectivity index (χ0v) is 25.5. The lowest BCUT2D eigenvalue weighted by Crippen LogP contribution is -2.76. The number of esters is 2. The van der Waals surface area contributed by atoms with E-state index in [1.807, 2.05) is 0 Å². The maximum atomic E-state index is 14.1. The molecule has 7 atom stereocenters. The Morgan fingerprint density at radius 3 is 2.28 bits per heavy atom. The van der Waals surface area contributed by atoms with Crippen LogP contribution in [0.3, 0.4) is 0 Å². The minimum atomic E-state index is -1.75. The number of carbonyl (C=O) groups excluding carboxylic acids is 3. The number of hydrogen-bond acceptors (Lipinski definition) is 11.